The highest BCUT2D eigenvalue weighted by Gasteiger charge is 2.15. The lowest BCUT2D eigenvalue weighted by Crippen LogP contribution is -2.33. The van der Waals surface area contributed by atoms with Crippen molar-refractivity contribution in [3.8, 4) is 0 Å². The van der Waals surface area contributed by atoms with Crippen LogP contribution in [0.3, 0.4) is 0 Å². The van der Waals surface area contributed by atoms with Crippen LogP contribution in [0.2, 0.25) is 5.15 Å². The number of hydrogen-bond donors (Lipinski definition) is 0. The number of rotatable bonds is 1. The second-order valence-corrected chi connectivity index (χ2v) is 4.80. The average Bonchev–Trinajstić information content (AvgIpc) is 2.23. The van der Waals surface area contributed by atoms with Crippen LogP contribution in [0, 0.1) is 6.92 Å². The van der Waals surface area contributed by atoms with Crippen molar-refractivity contribution in [2.45, 2.75) is 6.92 Å². The minimum absolute atomic E-state index is 0.563. The Morgan fingerprint density at radius 3 is 2.79 bits per heavy atom. The summed E-state index contributed by atoms with van der Waals surface area (Å²) >= 11 is 7.94. The van der Waals surface area contributed by atoms with E-state index in [1.54, 1.807) is 0 Å². The van der Waals surface area contributed by atoms with Gasteiger partial charge in [-0.3, -0.25) is 0 Å². The molecule has 14 heavy (non-hydrogen) atoms. The molecule has 1 fully saturated rings. The zero-order valence-corrected chi connectivity index (χ0v) is 9.61. The van der Waals surface area contributed by atoms with Crippen LogP contribution >= 0.6 is 23.4 Å². The van der Waals surface area contributed by atoms with Crippen LogP contribution in [-0.2, 0) is 0 Å². The molecule has 3 nitrogen and oxygen atoms in total. The van der Waals surface area contributed by atoms with Gasteiger partial charge in [0.15, 0.2) is 0 Å². The van der Waals surface area contributed by atoms with Crippen LogP contribution in [0.25, 0.3) is 0 Å². The molecule has 0 aromatic carbocycles. The first-order chi connectivity index (χ1) is 6.79. The van der Waals surface area contributed by atoms with Gasteiger partial charge in [0.05, 0.1) is 0 Å². The van der Waals surface area contributed by atoms with Gasteiger partial charge in [0.25, 0.3) is 0 Å². The second kappa shape index (κ2) is 4.36. The third kappa shape index (κ3) is 1.96. The zero-order valence-electron chi connectivity index (χ0n) is 8.03. The number of hydrogen-bond acceptors (Lipinski definition) is 4. The normalized spacial score (nSPS) is 17.1. The van der Waals surface area contributed by atoms with E-state index in [2.05, 4.69) is 14.9 Å². The summed E-state index contributed by atoms with van der Waals surface area (Å²) in [6.45, 7) is 4.08. The van der Waals surface area contributed by atoms with Gasteiger partial charge >= 0.3 is 0 Å². The van der Waals surface area contributed by atoms with Gasteiger partial charge in [-0.05, 0) is 6.92 Å². The van der Waals surface area contributed by atoms with E-state index in [9.17, 15) is 0 Å². The molecule has 2 rings (SSSR count). The van der Waals surface area contributed by atoms with Crippen molar-refractivity contribution < 1.29 is 0 Å². The number of nitrogens with zero attached hydrogens (tertiary/aromatic N) is 3. The predicted molar refractivity (Wildman–Crippen MR) is 61.3 cm³/mol. The highest BCUT2D eigenvalue weighted by atomic mass is 35.5. The molecule has 0 bridgehead atoms. The van der Waals surface area contributed by atoms with E-state index >= 15 is 0 Å². The van der Waals surface area contributed by atoms with Gasteiger partial charge in [0.1, 0.15) is 17.3 Å². The summed E-state index contributed by atoms with van der Waals surface area (Å²) in [6.07, 6.45) is 1.53. The minimum atomic E-state index is 0.563. The highest BCUT2D eigenvalue weighted by molar-refractivity contribution is 7.99. The molecule has 0 spiro atoms. The van der Waals surface area contributed by atoms with E-state index in [1.807, 2.05) is 18.7 Å². The van der Waals surface area contributed by atoms with Crippen LogP contribution in [0.5, 0.6) is 0 Å². The number of anilines is 1. The first kappa shape index (κ1) is 10.1. The summed E-state index contributed by atoms with van der Waals surface area (Å²) in [7, 11) is 0. The van der Waals surface area contributed by atoms with Crippen LogP contribution in [0.15, 0.2) is 6.33 Å². The summed E-state index contributed by atoms with van der Waals surface area (Å²) in [5.74, 6) is 3.33. The molecular weight excluding hydrogens is 218 g/mol. The van der Waals surface area contributed by atoms with E-state index in [0.29, 0.717) is 5.15 Å². The maximum atomic E-state index is 5.95. The van der Waals surface area contributed by atoms with E-state index in [1.165, 1.54) is 17.8 Å². The van der Waals surface area contributed by atoms with Crippen molar-refractivity contribution in [1.82, 2.24) is 9.97 Å². The lowest BCUT2D eigenvalue weighted by Gasteiger charge is -2.28. The van der Waals surface area contributed by atoms with Gasteiger partial charge in [-0.25, -0.2) is 9.97 Å². The topological polar surface area (TPSA) is 29.0 Å². The van der Waals surface area contributed by atoms with Gasteiger partial charge in [-0.15, -0.1) is 0 Å². The fourth-order valence-electron chi connectivity index (χ4n) is 1.51. The van der Waals surface area contributed by atoms with Crippen molar-refractivity contribution >= 4 is 29.2 Å². The molecule has 1 aromatic rings. The molecule has 1 aliphatic rings. The smallest absolute Gasteiger partial charge is 0.137 e. The predicted octanol–water partition coefficient (Wildman–Crippen LogP) is 1.99. The lowest BCUT2D eigenvalue weighted by atomic mass is 10.3. The van der Waals surface area contributed by atoms with E-state index in [-0.39, 0.29) is 0 Å². The van der Waals surface area contributed by atoms with E-state index < -0.39 is 0 Å². The molecule has 0 aliphatic carbocycles. The van der Waals surface area contributed by atoms with Crippen molar-refractivity contribution in [3.05, 3.63) is 17.0 Å². The van der Waals surface area contributed by atoms with Gasteiger partial charge in [-0.1, -0.05) is 11.6 Å². The molecule has 1 aromatic heterocycles. The molecule has 1 saturated heterocycles. The Kier molecular flexibility index (Phi) is 3.13. The number of thioether (sulfide) groups is 1. The van der Waals surface area contributed by atoms with Crippen LogP contribution in [-0.4, -0.2) is 34.6 Å². The monoisotopic (exact) mass is 229 g/mol. The molecule has 0 radical (unpaired) electrons. The molecular formula is C9H12ClN3S. The van der Waals surface area contributed by atoms with Gasteiger partial charge in [0.2, 0.25) is 0 Å². The van der Waals surface area contributed by atoms with Crippen LogP contribution < -0.4 is 4.90 Å². The quantitative estimate of drug-likeness (QED) is 0.689. The van der Waals surface area contributed by atoms with Crippen molar-refractivity contribution in [3.63, 3.8) is 0 Å². The SMILES string of the molecule is Cc1c(Cl)ncnc1N1CCSCC1. The molecule has 76 valence electrons. The van der Waals surface area contributed by atoms with Crippen molar-refractivity contribution in [1.29, 1.82) is 0 Å². The average molecular weight is 230 g/mol. The van der Waals surface area contributed by atoms with Gasteiger partial charge in [0, 0.05) is 30.2 Å². The fourth-order valence-corrected chi connectivity index (χ4v) is 2.55. The molecule has 5 heteroatoms. The van der Waals surface area contributed by atoms with Crippen molar-refractivity contribution in [2.75, 3.05) is 29.5 Å². The van der Waals surface area contributed by atoms with E-state index in [0.717, 1.165) is 24.5 Å². The fraction of sp³-hybridized carbons (Fsp3) is 0.556. The van der Waals surface area contributed by atoms with E-state index in [4.69, 9.17) is 11.6 Å². The Hall–Kier alpha value is -0.480. The first-order valence-corrected chi connectivity index (χ1v) is 6.12. The summed E-state index contributed by atoms with van der Waals surface area (Å²) in [5.41, 5.74) is 0.987. The maximum absolute atomic E-state index is 5.95. The first-order valence-electron chi connectivity index (χ1n) is 4.59. The maximum Gasteiger partial charge on any atom is 0.137 e. The van der Waals surface area contributed by atoms with Crippen LogP contribution in [0.4, 0.5) is 5.82 Å². The number of aromatic nitrogens is 2. The zero-order chi connectivity index (χ0) is 9.97. The minimum Gasteiger partial charge on any atom is -0.355 e. The molecule has 0 atom stereocenters. The Morgan fingerprint density at radius 2 is 2.07 bits per heavy atom. The Balaban J connectivity index is 2.26. The Morgan fingerprint density at radius 1 is 1.36 bits per heavy atom. The molecule has 0 unspecified atom stereocenters. The Labute approximate surface area is 92.9 Å². The highest BCUT2D eigenvalue weighted by Crippen LogP contribution is 2.24. The summed E-state index contributed by atoms with van der Waals surface area (Å²) < 4.78 is 0. The molecule has 0 amide bonds. The largest absolute Gasteiger partial charge is 0.355 e. The lowest BCUT2D eigenvalue weighted by molar-refractivity contribution is 0.828. The Bertz CT molecular complexity index is 326. The summed E-state index contributed by atoms with van der Waals surface area (Å²) in [5, 5.41) is 0.563. The summed E-state index contributed by atoms with van der Waals surface area (Å²) in [4.78, 5) is 10.5. The van der Waals surface area contributed by atoms with Crippen LogP contribution in [0.1, 0.15) is 5.56 Å². The third-order valence-electron chi connectivity index (χ3n) is 2.31. The van der Waals surface area contributed by atoms with Gasteiger partial charge in [-0.2, -0.15) is 11.8 Å². The molecule has 2 heterocycles. The molecule has 0 N–H and O–H groups in total. The standard InChI is InChI=1S/C9H12ClN3S/c1-7-8(10)11-6-12-9(7)13-2-4-14-5-3-13/h6H,2-5H2,1H3. The molecule has 0 saturated carbocycles. The third-order valence-corrected chi connectivity index (χ3v) is 3.63. The van der Waals surface area contributed by atoms with Crippen molar-refractivity contribution in [2.24, 2.45) is 0 Å². The summed E-state index contributed by atoms with van der Waals surface area (Å²) in [6, 6.07) is 0. The number of halogens is 1. The second-order valence-electron chi connectivity index (χ2n) is 3.21. The van der Waals surface area contributed by atoms with Gasteiger partial charge < -0.3 is 4.90 Å². The molecule has 1 aliphatic heterocycles.